The number of carbonyl (C=O) groups is 2. The van der Waals surface area contributed by atoms with Gasteiger partial charge in [-0.2, -0.15) is 0 Å². The molecular weight excluding hydrogens is 413 g/mol. The van der Waals surface area contributed by atoms with Gasteiger partial charge in [-0.3, -0.25) is 14.9 Å². The second-order valence-corrected chi connectivity index (χ2v) is 8.75. The van der Waals surface area contributed by atoms with Crippen molar-refractivity contribution in [1.29, 1.82) is 0 Å². The van der Waals surface area contributed by atoms with Gasteiger partial charge in [-0.25, -0.2) is 9.37 Å². The van der Waals surface area contributed by atoms with Crippen LogP contribution in [0.5, 0.6) is 0 Å². The highest BCUT2D eigenvalue weighted by molar-refractivity contribution is 7.16. The summed E-state index contributed by atoms with van der Waals surface area (Å²) >= 11 is 1.39. The Balaban J connectivity index is 1.40. The summed E-state index contributed by atoms with van der Waals surface area (Å²) in [6, 6.07) is 13.3. The van der Waals surface area contributed by atoms with E-state index in [1.807, 2.05) is 12.1 Å². The molecule has 1 atom stereocenters. The van der Waals surface area contributed by atoms with Crippen LogP contribution >= 0.6 is 11.3 Å². The van der Waals surface area contributed by atoms with Gasteiger partial charge >= 0.3 is 0 Å². The molecule has 31 heavy (non-hydrogen) atoms. The lowest BCUT2D eigenvalue weighted by Gasteiger charge is -2.11. The van der Waals surface area contributed by atoms with E-state index in [9.17, 15) is 14.0 Å². The van der Waals surface area contributed by atoms with Crippen LogP contribution in [0.15, 0.2) is 48.5 Å². The standard InChI is InChI=1S/C24H24FN3O2S/c1-2-3-4-15-5-11-18(12-6-15)26-23(30)19-13-14-20-21(19)27-24(31-20)28-22(29)16-7-9-17(25)10-8-16/h5-12,19H,2-4,13-14H2,1H3,(H,26,30)(H,27,28,29). The average molecular weight is 438 g/mol. The minimum Gasteiger partial charge on any atom is -0.326 e. The van der Waals surface area contributed by atoms with Gasteiger partial charge in [0.1, 0.15) is 5.82 Å². The number of benzene rings is 2. The van der Waals surface area contributed by atoms with Crippen LogP contribution in [0.4, 0.5) is 15.2 Å². The summed E-state index contributed by atoms with van der Waals surface area (Å²) in [6.45, 7) is 2.17. The number of halogens is 1. The number of amides is 2. The minimum absolute atomic E-state index is 0.0817. The van der Waals surface area contributed by atoms with Gasteiger partial charge in [0, 0.05) is 16.1 Å². The van der Waals surface area contributed by atoms with Crippen LogP contribution in [0, 0.1) is 5.82 Å². The van der Waals surface area contributed by atoms with Gasteiger partial charge in [0.05, 0.1) is 11.6 Å². The molecule has 2 amide bonds. The van der Waals surface area contributed by atoms with Gasteiger partial charge in [0.2, 0.25) is 5.91 Å². The first-order valence-electron chi connectivity index (χ1n) is 10.5. The van der Waals surface area contributed by atoms with Crippen molar-refractivity contribution >= 4 is 34.0 Å². The van der Waals surface area contributed by atoms with Gasteiger partial charge in [0.25, 0.3) is 5.91 Å². The number of carbonyl (C=O) groups excluding carboxylic acids is 2. The number of anilines is 2. The fraction of sp³-hybridized carbons (Fsp3) is 0.292. The molecule has 0 radical (unpaired) electrons. The van der Waals surface area contributed by atoms with E-state index in [1.165, 1.54) is 41.2 Å². The summed E-state index contributed by atoms with van der Waals surface area (Å²) in [5, 5.41) is 6.20. The molecule has 0 bridgehead atoms. The maximum atomic E-state index is 13.1. The lowest BCUT2D eigenvalue weighted by atomic mass is 10.1. The molecule has 2 aromatic carbocycles. The molecule has 1 aliphatic carbocycles. The first-order chi connectivity index (χ1) is 15.0. The Morgan fingerprint density at radius 2 is 1.84 bits per heavy atom. The molecule has 2 N–H and O–H groups in total. The van der Waals surface area contributed by atoms with Crippen LogP contribution < -0.4 is 10.6 Å². The Hall–Kier alpha value is -3.06. The summed E-state index contributed by atoms with van der Waals surface area (Å²) in [7, 11) is 0. The predicted molar refractivity (Wildman–Crippen MR) is 121 cm³/mol. The van der Waals surface area contributed by atoms with Crippen LogP contribution in [0.25, 0.3) is 0 Å². The molecule has 0 saturated heterocycles. The summed E-state index contributed by atoms with van der Waals surface area (Å²) in [4.78, 5) is 30.7. The van der Waals surface area contributed by atoms with Crippen LogP contribution in [0.2, 0.25) is 0 Å². The number of thiazole rings is 1. The van der Waals surface area contributed by atoms with E-state index in [0.29, 0.717) is 17.1 Å². The Morgan fingerprint density at radius 3 is 2.55 bits per heavy atom. The molecule has 7 heteroatoms. The number of rotatable bonds is 7. The highest BCUT2D eigenvalue weighted by Gasteiger charge is 2.33. The van der Waals surface area contributed by atoms with E-state index in [1.54, 1.807) is 0 Å². The van der Waals surface area contributed by atoms with Crippen LogP contribution in [-0.4, -0.2) is 16.8 Å². The second-order valence-electron chi connectivity index (χ2n) is 7.67. The SMILES string of the molecule is CCCCc1ccc(NC(=O)C2CCc3sc(NC(=O)c4ccc(F)cc4)nc32)cc1. The number of aryl methyl sites for hydroxylation is 2. The third-order valence-corrected chi connectivity index (χ3v) is 6.45. The van der Waals surface area contributed by atoms with Crippen LogP contribution in [-0.2, 0) is 17.6 Å². The molecule has 1 aromatic heterocycles. The summed E-state index contributed by atoms with van der Waals surface area (Å²) < 4.78 is 13.1. The minimum atomic E-state index is -0.394. The summed E-state index contributed by atoms with van der Waals surface area (Å²) in [5.74, 6) is -1.16. The average Bonchev–Trinajstić information content (AvgIpc) is 3.33. The molecule has 0 fully saturated rings. The van der Waals surface area contributed by atoms with Crippen molar-refractivity contribution in [2.75, 3.05) is 10.6 Å². The topological polar surface area (TPSA) is 71.1 Å². The second kappa shape index (κ2) is 9.39. The maximum absolute atomic E-state index is 13.1. The summed E-state index contributed by atoms with van der Waals surface area (Å²) in [6.07, 6.45) is 4.82. The highest BCUT2D eigenvalue weighted by Crippen LogP contribution is 2.39. The molecule has 3 aromatic rings. The quantitative estimate of drug-likeness (QED) is 0.509. The normalized spacial score (nSPS) is 14.8. The fourth-order valence-corrected chi connectivity index (χ4v) is 4.70. The molecule has 160 valence electrons. The molecular formula is C24H24FN3O2S. The van der Waals surface area contributed by atoms with E-state index in [0.717, 1.165) is 41.9 Å². The zero-order chi connectivity index (χ0) is 21.8. The Morgan fingerprint density at radius 1 is 1.10 bits per heavy atom. The van der Waals surface area contributed by atoms with Crippen LogP contribution in [0.1, 0.15) is 58.6 Å². The smallest absolute Gasteiger partial charge is 0.257 e. The van der Waals surface area contributed by atoms with E-state index < -0.39 is 5.82 Å². The number of nitrogens with zero attached hydrogens (tertiary/aromatic N) is 1. The van der Waals surface area contributed by atoms with Gasteiger partial charge in [-0.05, 0) is 67.6 Å². The lowest BCUT2D eigenvalue weighted by molar-refractivity contribution is -0.117. The number of hydrogen-bond acceptors (Lipinski definition) is 4. The molecule has 5 nitrogen and oxygen atoms in total. The highest BCUT2D eigenvalue weighted by atomic mass is 32.1. The number of fused-ring (bicyclic) bond motifs is 1. The fourth-order valence-electron chi connectivity index (χ4n) is 3.67. The van der Waals surface area contributed by atoms with Crippen molar-refractivity contribution in [3.05, 3.63) is 76.0 Å². The van der Waals surface area contributed by atoms with E-state index in [2.05, 4.69) is 34.7 Å². The monoisotopic (exact) mass is 437 g/mol. The van der Waals surface area contributed by atoms with Crippen LogP contribution in [0.3, 0.4) is 0 Å². The number of nitrogens with one attached hydrogen (secondary N) is 2. The Labute approximate surface area is 184 Å². The van der Waals surface area contributed by atoms with E-state index >= 15 is 0 Å². The first kappa shape index (κ1) is 21.2. The molecule has 0 aliphatic heterocycles. The third-order valence-electron chi connectivity index (χ3n) is 5.40. The molecule has 1 unspecified atom stereocenters. The van der Waals surface area contributed by atoms with Crippen molar-refractivity contribution < 1.29 is 14.0 Å². The Kier molecular flexibility index (Phi) is 6.42. The van der Waals surface area contributed by atoms with Crippen molar-refractivity contribution in [2.24, 2.45) is 0 Å². The zero-order valence-electron chi connectivity index (χ0n) is 17.3. The molecule has 1 aliphatic rings. The van der Waals surface area contributed by atoms with Gasteiger partial charge in [0.15, 0.2) is 5.13 Å². The van der Waals surface area contributed by atoms with Gasteiger partial charge < -0.3 is 5.32 Å². The molecule has 1 heterocycles. The Bertz CT molecular complexity index is 1080. The van der Waals surface area contributed by atoms with E-state index in [-0.39, 0.29) is 17.7 Å². The van der Waals surface area contributed by atoms with Crippen molar-refractivity contribution in [3.63, 3.8) is 0 Å². The summed E-state index contributed by atoms with van der Waals surface area (Å²) in [5.41, 5.74) is 3.13. The molecule has 0 spiro atoms. The predicted octanol–water partition coefficient (Wildman–Crippen LogP) is 5.55. The largest absolute Gasteiger partial charge is 0.326 e. The van der Waals surface area contributed by atoms with E-state index in [4.69, 9.17) is 0 Å². The third kappa shape index (κ3) is 4.99. The first-order valence-corrected chi connectivity index (χ1v) is 11.3. The maximum Gasteiger partial charge on any atom is 0.257 e. The lowest BCUT2D eigenvalue weighted by Crippen LogP contribution is -2.20. The number of unbranched alkanes of at least 4 members (excludes halogenated alkanes) is 1. The van der Waals surface area contributed by atoms with Crippen molar-refractivity contribution in [2.45, 2.75) is 44.9 Å². The molecule has 0 saturated carbocycles. The number of aromatic nitrogens is 1. The van der Waals surface area contributed by atoms with Crippen molar-refractivity contribution in [3.8, 4) is 0 Å². The molecule has 4 rings (SSSR count). The van der Waals surface area contributed by atoms with Gasteiger partial charge in [-0.15, -0.1) is 11.3 Å². The number of hydrogen-bond donors (Lipinski definition) is 2. The zero-order valence-corrected chi connectivity index (χ0v) is 18.1. The van der Waals surface area contributed by atoms with Gasteiger partial charge in [-0.1, -0.05) is 25.5 Å². The van der Waals surface area contributed by atoms with Crippen molar-refractivity contribution in [1.82, 2.24) is 4.98 Å².